The second-order valence-electron chi connectivity index (χ2n) is 6.69. The Morgan fingerprint density at radius 2 is 1.61 bits per heavy atom. The average molecular weight is 309 g/mol. The Labute approximate surface area is 139 Å². The van der Waals surface area contributed by atoms with Gasteiger partial charge in [0.25, 0.3) is 0 Å². The van der Waals surface area contributed by atoms with Gasteiger partial charge in [0.1, 0.15) is 5.75 Å². The highest BCUT2D eigenvalue weighted by Gasteiger charge is 2.24. The van der Waals surface area contributed by atoms with Gasteiger partial charge < -0.3 is 9.47 Å². The first-order valence-corrected chi connectivity index (χ1v) is 8.33. The molecule has 1 heterocycles. The number of epoxide rings is 1. The van der Waals surface area contributed by atoms with Gasteiger partial charge in [-0.2, -0.15) is 0 Å². The van der Waals surface area contributed by atoms with E-state index in [0.717, 1.165) is 25.2 Å². The van der Waals surface area contributed by atoms with E-state index in [-0.39, 0.29) is 5.41 Å². The number of rotatable bonds is 7. The zero-order valence-electron chi connectivity index (χ0n) is 14.0. The van der Waals surface area contributed by atoms with Crippen LogP contribution in [-0.4, -0.2) is 19.3 Å². The van der Waals surface area contributed by atoms with Gasteiger partial charge in [-0.15, -0.1) is 0 Å². The van der Waals surface area contributed by atoms with Gasteiger partial charge in [-0.25, -0.2) is 0 Å². The van der Waals surface area contributed by atoms with E-state index in [9.17, 15) is 0 Å². The summed E-state index contributed by atoms with van der Waals surface area (Å²) in [6.45, 7) is 9.63. The summed E-state index contributed by atoms with van der Waals surface area (Å²) in [6.07, 6.45) is 2.74. The first-order chi connectivity index (χ1) is 11.1. The smallest absolute Gasteiger partial charge is 0.119 e. The third-order valence-electron chi connectivity index (χ3n) is 4.68. The van der Waals surface area contributed by atoms with Crippen LogP contribution in [0.15, 0.2) is 48.5 Å². The maximum atomic E-state index is 5.42. The van der Waals surface area contributed by atoms with Gasteiger partial charge in [0.15, 0.2) is 0 Å². The van der Waals surface area contributed by atoms with Crippen molar-refractivity contribution in [3.63, 3.8) is 0 Å². The normalized spacial score (nSPS) is 17.1. The molecule has 1 atom stereocenters. The molecule has 1 saturated heterocycles. The maximum Gasteiger partial charge on any atom is 0.119 e. The summed E-state index contributed by atoms with van der Waals surface area (Å²) < 4.78 is 10.7. The molecule has 0 amide bonds. The lowest BCUT2D eigenvalue weighted by Crippen LogP contribution is -2.18. The maximum absolute atomic E-state index is 5.42. The summed E-state index contributed by atoms with van der Waals surface area (Å²) in [6, 6.07) is 17.3. The molecule has 23 heavy (non-hydrogen) atoms. The molecule has 1 aliphatic rings. The molecule has 2 heteroatoms. The lowest BCUT2D eigenvalue weighted by Gasteiger charge is -2.26. The van der Waals surface area contributed by atoms with E-state index in [1.807, 2.05) is 12.1 Å². The minimum atomic E-state index is -0.0267. The fourth-order valence-corrected chi connectivity index (χ4v) is 2.90. The van der Waals surface area contributed by atoms with Gasteiger partial charge >= 0.3 is 0 Å². The van der Waals surface area contributed by atoms with Crippen LogP contribution >= 0.6 is 0 Å². The highest BCUT2D eigenvalue weighted by molar-refractivity contribution is 5.40. The number of benzene rings is 2. The molecule has 0 aromatic heterocycles. The molecule has 0 bridgehead atoms. The standard InChI is InChI=1S/C21H25O2/c1-4-22-19-13-10-18(11-14-19)21(2,3)17-8-5-16(6-9-17)7-12-20-15-23-20/h5-6,8-11,13-14,20H,1,4,7,12,15H2,2-3H3. The number of ether oxygens (including phenoxy) is 2. The van der Waals surface area contributed by atoms with E-state index < -0.39 is 0 Å². The first-order valence-electron chi connectivity index (χ1n) is 8.33. The number of hydrogen-bond acceptors (Lipinski definition) is 2. The summed E-state index contributed by atoms with van der Waals surface area (Å²) in [7, 11) is 0. The Morgan fingerprint density at radius 3 is 2.13 bits per heavy atom. The second-order valence-corrected chi connectivity index (χ2v) is 6.69. The van der Waals surface area contributed by atoms with Crippen molar-refractivity contribution in [1.82, 2.24) is 0 Å². The molecule has 0 saturated carbocycles. The van der Waals surface area contributed by atoms with E-state index in [4.69, 9.17) is 9.47 Å². The molecule has 2 aromatic carbocycles. The van der Waals surface area contributed by atoms with Gasteiger partial charge in [0.2, 0.25) is 0 Å². The van der Waals surface area contributed by atoms with Crippen LogP contribution in [0, 0.1) is 6.92 Å². The Bertz CT molecular complexity index is 622. The molecule has 121 valence electrons. The molecule has 0 N–H and O–H groups in total. The summed E-state index contributed by atoms with van der Waals surface area (Å²) in [5.41, 5.74) is 3.98. The van der Waals surface area contributed by atoms with Crippen molar-refractivity contribution >= 4 is 0 Å². The Morgan fingerprint density at radius 1 is 1.04 bits per heavy atom. The monoisotopic (exact) mass is 309 g/mol. The molecule has 1 aliphatic heterocycles. The molecular formula is C21H25O2. The molecular weight excluding hydrogens is 284 g/mol. The predicted molar refractivity (Wildman–Crippen MR) is 93.9 cm³/mol. The third-order valence-corrected chi connectivity index (χ3v) is 4.68. The molecule has 1 radical (unpaired) electrons. The molecule has 0 aliphatic carbocycles. The highest BCUT2D eigenvalue weighted by atomic mass is 16.6. The highest BCUT2D eigenvalue weighted by Crippen LogP contribution is 2.32. The van der Waals surface area contributed by atoms with E-state index in [1.165, 1.54) is 16.7 Å². The molecule has 0 spiro atoms. The van der Waals surface area contributed by atoms with Crippen molar-refractivity contribution in [1.29, 1.82) is 0 Å². The van der Waals surface area contributed by atoms with Gasteiger partial charge in [0, 0.05) is 5.41 Å². The van der Waals surface area contributed by atoms with Crippen LogP contribution in [0.5, 0.6) is 5.75 Å². The average Bonchev–Trinajstić information content (AvgIpc) is 3.39. The Hall–Kier alpha value is -1.80. The summed E-state index contributed by atoms with van der Waals surface area (Å²) in [4.78, 5) is 0. The summed E-state index contributed by atoms with van der Waals surface area (Å²) in [5, 5.41) is 0. The minimum Gasteiger partial charge on any atom is -0.494 e. The Kier molecular flexibility index (Phi) is 4.72. The fraction of sp³-hybridized carbons (Fsp3) is 0.381. The zero-order valence-corrected chi connectivity index (χ0v) is 14.0. The molecule has 1 unspecified atom stereocenters. The first kappa shape index (κ1) is 16.1. The van der Waals surface area contributed by atoms with Gasteiger partial charge in [-0.05, 0) is 48.6 Å². The number of aryl methyl sites for hydroxylation is 1. The van der Waals surface area contributed by atoms with Crippen LogP contribution in [0.3, 0.4) is 0 Å². The van der Waals surface area contributed by atoms with Gasteiger partial charge in [-0.3, -0.25) is 0 Å². The number of hydrogen-bond donors (Lipinski definition) is 0. The van der Waals surface area contributed by atoms with E-state index in [1.54, 1.807) is 0 Å². The second kappa shape index (κ2) is 6.76. The van der Waals surface area contributed by atoms with Crippen molar-refractivity contribution in [2.24, 2.45) is 0 Å². The topological polar surface area (TPSA) is 21.8 Å². The SMILES string of the molecule is [CH2]COc1ccc(C(C)(C)c2ccc(CCC3CO3)cc2)cc1. The lowest BCUT2D eigenvalue weighted by atomic mass is 9.78. The van der Waals surface area contributed by atoms with E-state index in [2.05, 4.69) is 57.2 Å². The van der Waals surface area contributed by atoms with Crippen molar-refractivity contribution in [3.8, 4) is 5.75 Å². The van der Waals surface area contributed by atoms with Crippen molar-refractivity contribution in [2.75, 3.05) is 13.2 Å². The van der Waals surface area contributed by atoms with Gasteiger partial charge in [-0.1, -0.05) is 50.2 Å². The largest absolute Gasteiger partial charge is 0.494 e. The summed E-state index contributed by atoms with van der Waals surface area (Å²) in [5.74, 6) is 0.872. The molecule has 2 aromatic rings. The molecule has 2 nitrogen and oxygen atoms in total. The van der Waals surface area contributed by atoms with Crippen molar-refractivity contribution in [3.05, 3.63) is 72.1 Å². The van der Waals surface area contributed by atoms with Crippen LogP contribution in [0.4, 0.5) is 0 Å². The fourth-order valence-electron chi connectivity index (χ4n) is 2.90. The van der Waals surface area contributed by atoms with Crippen LogP contribution in [0.2, 0.25) is 0 Å². The quantitative estimate of drug-likeness (QED) is 0.700. The van der Waals surface area contributed by atoms with Crippen molar-refractivity contribution in [2.45, 2.75) is 38.2 Å². The predicted octanol–water partition coefficient (Wildman–Crippen LogP) is 4.56. The van der Waals surface area contributed by atoms with E-state index in [0.29, 0.717) is 12.7 Å². The van der Waals surface area contributed by atoms with Crippen LogP contribution < -0.4 is 4.74 Å². The summed E-state index contributed by atoms with van der Waals surface area (Å²) >= 11 is 0. The van der Waals surface area contributed by atoms with Crippen LogP contribution in [0.25, 0.3) is 0 Å². The van der Waals surface area contributed by atoms with Crippen LogP contribution in [0.1, 0.15) is 37.0 Å². The van der Waals surface area contributed by atoms with Crippen molar-refractivity contribution < 1.29 is 9.47 Å². The van der Waals surface area contributed by atoms with E-state index >= 15 is 0 Å². The molecule has 1 fully saturated rings. The molecule has 3 rings (SSSR count). The lowest BCUT2D eigenvalue weighted by molar-refractivity contribution is 0.361. The zero-order chi connectivity index (χ0) is 16.3. The third kappa shape index (κ3) is 3.94. The van der Waals surface area contributed by atoms with Gasteiger partial charge in [0.05, 0.1) is 19.3 Å². The Balaban J connectivity index is 1.72. The minimum absolute atomic E-state index is 0.0267. The van der Waals surface area contributed by atoms with Crippen LogP contribution in [-0.2, 0) is 16.6 Å².